The van der Waals surface area contributed by atoms with E-state index in [2.05, 4.69) is 20.8 Å². The molecule has 78 heavy (non-hydrogen) atoms. The number of carbonyl (C=O) groups excluding carboxylic acids is 5. The average Bonchev–Trinajstić information content (AvgIpc) is 3.46. The van der Waals surface area contributed by atoms with Gasteiger partial charge < -0.3 is 33.2 Å². The number of carbonyl (C=O) groups is 5. The summed E-state index contributed by atoms with van der Waals surface area (Å²) in [5.41, 5.74) is 5.04. The summed E-state index contributed by atoms with van der Waals surface area (Å²) < 4.78 is 37.9. The highest BCUT2D eigenvalue weighted by molar-refractivity contribution is 5.94. The molecule has 0 aliphatic carbocycles. The van der Waals surface area contributed by atoms with Crippen molar-refractivity contribution in [3.05, 3.63) is 138 Å². The minimum Gasteiger partial charge on any atom is -0.494 e. The minimum absolute atomic E-state index is 0.183. The van der Waals surface area contributed by atoms with Crippen molar-refractivity contribution in [2.24, 2.45) is 0 Å². The van der Waals surface area contributed by atoms with E-state index in [9.17, 15) is 24.0 Å². The number of unbranched alkanes of at least 4 members (excludes halogenated alkanes) is 14. The lowest BCUT2D eigenvalue weighted by molar-refractivity contribution is -0.158. The first-order valence-electron chi connectivity index (χ1n) is 28.6. The Labute approximate surface area is 464 Å². The Morgan fingerprint density at radius 2 is 0.692 bits per heavy atom. The molecule has 0 N–H and O–H groups in total. The number of hydrogen-bond acceptors (Lipinski definition) is 12. The van der Waals surface area contributed by atoms with Crippen LogP contribution in [0.15, 0.2) is 121 Å². The number of esters is 5. The summed E-state index contributed by atoms with van der Waals surface area (Å²) in [5.74, 6) is -0.847. The molecular weight excluding hydrogens is 985 g/mol. The fourth-order valence-electron chi connectivity index (χ4n) is 8.26. The van der Waals surface area contributed by atoms with Crippen molar-refractivity contribution in [2.45, 2.75) is 182 Å². The van der Waals surface area contributed by atoms with Crippen LogP contribution in [-0.4, -0.2) is 68.0 Å². The Bertz CT molecular complexity index is 2480. The van der Waals surface area contributed by atoms with Gasteiger partial charge in [0.2, 0.25) is 0 Å². The van der Waals surface area contributed by atoms with Crippen molar-refractivity contribution >= 4 is 29.8 Å². The van der Waals surface area contributed by atoms with Gasteiger partial charge in [0, 0.05) is 0 Å². The second-order valence-corrected chi connectivity index (χ2v) is 19.6. The second kappa shape index (κ2) is 37.0. The van der Waals surface area contributed by atoms with Crippen molar-refractivity contribution in [2.75, 3.05) is 19.8 Å². The Morgan fingerprint density at radius 1 is 0.359 bits per heavy atom. The van der Waals surface area contributed by atoms with Gasteiger partial charge in [0.15, 0.2) is 12.2 Å². The lowest BCUT2D eigenvalue weighted by Gasteiger charge is -2.17. The topological polar surface area (TPSA) is 150 Å². The third kappa shape index (κ3) is 24.2. The fourth-order valence-corrected chi connectivity index (χ4v) is 8.26. The zero-order valence-electron chi connectivity index (χ0n) is 47.5. The summed E-state index contributed by atoms with van der Waals surface area (Å²) in [7, 11) is 0. The molecule has 0 aliphatic rings. The molecule has 0 bridgehead atoms. The maximum Gasteiger partial charge on any atom is 0.347 e. The van der Waals surface area contributed by atoms with E-state index in [0.717, 1.165) is 79.1 Å². The van der Waals surface area contributed by atoms with Gasteiger partial charge in [0.25, 0.3) is 0 Å². The molecule has 0 spiro atoms. The fraction of sp³-hybridized carbons (Fsp3) is 0.470. The van der Waals surface area contributed by atoms with Crippen LogP contribution in [0, 0.1) is 0 Å². The van der Waals surface area contributed by atoms with Crippen molar-refractivity contribution in [3.63, 3.8) is 0 Å². The Hall–Kier alpha value is -6.95. The predicted octanol–water partition coefficient (Wildman–Crippen LogP) is 16.4. The molecule has 12 nitrogen and oxygen atoms in total. The summed E-state index contributed by atoms with van der Waals surface area (Å²) in [6, 6.07) is 36.2. The summed E-state index contributed by atoms with van der Waals surface area (Å²) in [5, 5.41) is 0. The van der Waals surface area contributed by atoms with Gasteiger partial charge in [-0.05, 0) is 148 Å². The van der Waals surface area contributed by atoms with E-state index in [1.165, 1.54) is 115 Å². The van der Waals surface area contributed by atoms with Crippen molar-refractivity contribution in [3.8, 4) is 39.5 Å². The van der Waals surface area contributed by atoms with E-state index in [1.54, 1.807) is 38.1 Å². The lowest BCUT2D eigenvalue weighted by Crippen LogP contribution is -2.29. The average molecular weight is 1070 g/mol. The SMILES string of the molecule is CCCCCCCCCOc1ccc(-c2ccc(C(=O)Oc3ccc(C(=O)O[C@H](C)C(=O)OCC)cc3)cc2)cc1.CCCCCCCCOc1ccc(-c2ccc(C(=O)O[C@H](C)C(=O)O[C@H](C)CCCCCC)cc2)cc1. The first-order chi connectivity index (χ1) is 37.8. The van der Waals surface area contributed by atoms with E-state index in [-0.39, 0.29) is 24.0 Å². The molecule has 5 aromatic carbocycles. The van der Waals surface area contributed by atoms with Gasteiger partial charge in [-0.15, -0.1) is 0 Å². The zero-order valence-corrected chi connectivity index (χ0v) is 47.5. The maximum absolute atomic E-state index is 12.6. The standard InChI is InChI=1S/C34H40O7.C32H46O5/c1-4-6-7-8-9-10-11-24-39-30-20-16-27(17-21-30)26-12-14-28(15-13-26)34(37)41-31-22-18-29(19-23-31)33(36)40-25(3)32(35)38-5-2;1-5-7-9-11-12-14-24-35-30-22-20-28(21-23-30)27-16-18-29(19-17-27)32(34)37-26(4)31(33)36-25(3)15-13-10-8-6-2/h12-23,25H,4-11,24H2,1-3H3;16-23,25-26H,5-15,24H2,1-4H3/t25-;25-,26-/m11/s1. The maximum atomic E-state index is 12.6. The molecule has 0 saturated carbocycles. The zero-order chi connectivity index (χ0) is 56.3. The molecule has 0 radical (unpaired) electrons. The first-order valence-corrected chi connectivity index (χ1v) is 28.6. The van der Waals surface area contributed by atoms with Gasteiger partial charge in [-0.2, -0.15) is 0 Å². The highest BCUT2D eigenvalue weighted by atomic mass is 16.6. The van der Waals surface area contributed by atoms with E-state index in [0.29, 0.717) is 11.1 Å². The number of benzene rings is 5. The molecule has 0 saturated heterocycles. The molecular formula is C66H86O12. The first kappa shape index (κ1) is 63.6. The third-order valence-electron chi connectivity index (χ3n) is 13.0. The molecule has 0 fully saturated rings. The van der Waals surface area contributed by atoms with E-state index < -0.39 is 42.1 Å². The predicted molar refractivity (Wildman–Crippen MR) is 308 cm³/mol. The number of ether oxygens (including phenoxy) is 7. The Kier molecular flexibility index (Phi) is 30.1. The third-order valence-corrected chi connectivity index (χ3v) is 13.0. The van der Waals surface area contributed by atoms with Crippen LogP contribution >= 0.6 is 0 Å². The van der Waals surface area contributed by atoms with Crippen LogP contribution < -0.4 is 14.2 Å². The molecule has 12 heteroatoms. The van der Waals surface area contributed by atoms with E-state index >= 15 is 0 Å². The molecule has 0 heterocycles. The smallest absolute Gasteiger partial charge is 0.347 e. The molecule has 0 aromatic heterocycles. The molecule has 0 amide bonds. The number of hydrogen-bond donors (Lipinski definition) is 0. The molecule has 0 aliphatic heterocycles. The number of rotatable bonds is 34. The molecule has 5 rings (SSSR count). The largest absolute Gasteiger partial charge is 0.494 e. The van der Waals surface area contributed by atoms with Gasteiger partial charge >= 0.3 is 29.8 Å². The Balaban J connectivity index is 0.000000338. The summed E-state index contributed by atoms with van der Waals surface area (Å²) in [6.45, 7) is 14.8. The molecule has 0 unspecified atom stereocenters. The Morgan fingerprint density at radius 3 is 1.10 bits per heavy atom. The van der Waals surface area contributed by atoms with E-state index in [1.807, 2.05) is 79.7 Å². The van der Waals surface area contributed by atoms with Crippen LogP contribution in [0.5, 0.6) is 17.2 Å². The van der Waals surface area contributed by atoms with Crippen LogP contribution in [0.3, 0.4) is 0 Å². The summed E-state index contributed by atoms with van der Waals surface area (Å²) in [4.78, 5) is 61.4. The van der Waals surface area contributed by atoms with Crippen molar-refractivity contribution < 1.29 is 57.1 Å². The van der Waals surface area contributed by atoms with Gasteiger partial charge in [0.1, 0.15) is 17.2 Å². The summed E-state index contributed by atoms with van der Waals surface area (Å²) in [6.07, 6.45) is 19.4. The molecule has 5 aromatic rings. The normalized spacial score (nSPS) is 11.9. The summed E-state index contributed by atoms with van der Waals surface area (Å²) >= 11 is 0. The van der Waals surface area contributed by atoms with Gasteiger partial charge in [0.05, 0.1) is 42.6 Å². The molecule has 422 valence electrons. The van der Waals surface area contributed by atoms with Crippen LogP contribution in [0.2, 0.25) is 0 Å². The minimum atomic E-state index is -1.02. The van der Waals surface area contributed by atoms with Crippen LogP contribution in [0.1, 0.15) is 195 Å². The van der Waals surface area contributed by atoms with Gasteiger partial charge in [-0.25, -0.2) is 24.0 Å². The highest BCUT2D eigenvalue weighted by Gasteiger charge is 2.23. The highest BCUT2D eigenvalue weighted by Crippen LogP contribution is 2.26. The van der Waals surface area contributed by atoms with Gasteiger partial charge in [-0.3, -0.25) is 0 Å². The van der Waals surface area contributed by atoms with Crippen LogP contribution in [0.25, 0.3) is 22.3 Å². The van der Waals surface area contributed by atoms with Crippen molar-refractivity contribution in [1.82, 2.24) is 0 Å². The molecule has 3 atom stereocenters. The lowest BCUT2D eigenvalue weighted by atomic mass is 10.0. The monoisotopic (exact) mass is 1070 g/mol. The van der Waals surface area contributed by atoms with E-state index in [4.69, 9.17) is 33.2 Å². The van der Waals surface area contributed by atoms with Crippen molar-refractivity contribution in [1.29, 1.82) is 0 Å². The van der Waals surface area contributed by atoms with Crippen LogP contribution in [0.4, 0.5) is 0 Å². The van der Waals surface area contributed by atoms with Gasteiger partial charge in [-0.1, -0.05) is 159 Å². The van der Waals surface area contributed by atoms with Crippen LogP contribution in [-0.2, 0) is 28.5 Å². The second-order valence-electron chi connectivity index (χ2n) is 19.6. The quantitative estimate of drug-likeness (QED) is 0.0167.